The number of rotatable bonds is 4. The van der Waals surface area contributed by atoms with Gasteiger partial charge in [-0.2, -0.15) is 0 Å². The third kappa shape index (κ3) is 3.23. The molecule has 0 spiro atoms. The summed E-state index contributed by atoms with van der Waals surface area (Å²) in [7, 11) is 4.21. The Morgan fingerprint density at radius 2 is 1.94 bits per heavy atom. The van der Waals surface area contributed by atoms with Crippen molar-refractivity contribution in [3.05, 3.63) is 0 Å². The number of likely N-dealkylation sites (tertiary alicyclic amines) is 1. The van der Waals surface area contributed by atoms with Crippen LogP contribution in [0.5, 0.6) is 0 Å². The molecule has 0 aromatic rings. The van der Waals surface area contributed by atoms with Crippen LogP contribution in [0.3, 0.4) is 0 Å². The summed E-state index contributed by atoms with van der Waals surface area (Å²) in [5.41, 5.74) is 0. The predicted octanol–water partition coefficient (Wildman–Crippen LogP) is 0.927. The summed E-state index contributed by atoms with van der Waals surface area (Å²) in [6.45, 7) is 4.56. The number of hydrogen-bond donors (Lipinski definition) is 1. The van der Waals surface area contributed by atoms with Crippen molar-refractivity contribution in [1.82, 2.24) is 15.1 Å². The zero-order chi connectivity index (χ0) is 13.1. The van der Waals surface area contributed by atoms with Crippen molar-refractivity contribution >= 4 is 5.91 Å². The lowest BCUT2D eigenvalue weighted by atomic mass is 10.1. The van der Waals surface area contributed by atoms with Crippen LogP contribution >= 0.6 is 0 Å². The van der Waals surface area contributed by atoms with Gasteiger partial charge >= 0.3 is 0 Å². The first-order valence-electron chi connectivity index (χ1n) is 7.25. The Kier molecular flexibility index (Phi) is 4.62. The average Bonchev–Trinajstić information content (AvgIpc) is 2.94. The molecule has 104 valence electrons. The summed E-state index contributed by atoms with van der Waals surface area (Å²) in [4.78, 5) is 16.4. The summed E-state index contributed by atoms with van der Waals surface area (Å²) in [5, 5.41) is 3.41. The average molecular weight is 253 g/mol. The van der Waals surface area contributed by atoms with Crippen LogP contribution in [0.4, 0.5) is 0 Å². The van der Waals surface area contributed by atoms with E-state index >= 15 is 0 Å². The highest BCUT2D eigenvalue weighted by Gasteiger charge is 2.33. The molecule has 1 aliphatic heterocycles. The molecular weight excluding hydrogens is 226 g/mol. The molecule has 2 unspecified atom stereocenters. The summed E-state index contributed by atoms with van der Waals surface area (Å²) < 4.78 is 0. The largest absolute Gasteiger partial charge is 0.340 e. The van der Waals surface area contributed by atoms with Gasteiger partial charge < -0.3 is 15.1 Å². The molecule has 0 aromatic heterocycles. The molecule has 1 heterocycles. The van der Waals surface area contributed by atoms with Gasteiger partial charge in [0.25, 0.3) is 0 Å². The molecule has 4 nitrogen and oxygen atoms in total. The van der Waals surface area contributed by atoms with Gasteiger partial charge in [-0.15, -0.1) is 0 Å². The van der Waals surface area contributed by atoms with Crippen molar-refractivity contribution in [2.75, 3.05) is 33.7 Å². The predicted molar refractivity (Wildman–Crippen MR) is 73.5 cm³/mol. The van der Waals surface area contributed by atoms with Crippen molar-refractivity contribution in [3.8, 4) is 0 Å². The Hall–Kier alpha value is -0.610. The van der Waals surface area contributed by atoms with E-state index in [1.54, 1.807) is 0 Å². The van der Waals surface area contributed by atoms with Gasteiger partial charge in [-0.1, -0.05) is 19.8 Å². The third-order valence-electron chi connectivity index (χ3n) is 4.49. The molecule has 0 radical (unpaired) electrons. The third-order valence-corrected chi connectivity index (χ3v) is 4.49. The normalized spacial score (nSPS) is 29.4. The first-order valence-corrected chi connectivity index (χ1v) is 7.25. The Bertz CT molecular complexity index is 287. The van der Waals surface area contributed by atoms with E-state index in [1.807, 2.05) is 4.90 Å². The zero-order valence-electron chi connectivity index (χ0n) is 12.0. The van der Waals surface area contributed by atoms with E-state index in [4.69, 9.17) is 0 Å². The molecule has 1 N–H and O–H groups in total. The van der Waals surface area contributed by atoms with E-state index in [0.29, 0.717) is 24.5 Å². The van der Waals surface area contributed by atoms with Crippen molar-refractivity contribution in [2.45, 2.75) is 44.7 Å². The van der Waals surface area contributed by atoms with E-state index in [9.17, 15) is 4.79 Å². The SMILES string of the molecule is CC1CN(C(=O)CNC2CCCC2)CC1N(C)C. The van der Waals surface area contributed by atoms with Crippen LogP contribution in [0.25, 0.3) is 0 Å². The molecule has 2 rings (SSSR count). The number of amides is 1. The fraction of sp³-hybridized carbons (Fsp3) is 0.929. The van der Waals surface area contributed by atoms with E-state index in [0.717, 1.165) is 13.1 Å². The maximum absolute atomic E-state index is 12.2. The number of nitrogens with zero attached hydrogens (tertiary/aromatic N) is 2. The Labute approximate surface area is 111 Å². The zero-order valence-corrected chi connectivity index (χ0v) is 12.0. The lowest BCUT2D eigenvalue weighted by Crippen LogP contribution is -2.41. The highest BCUT2D eigenvalue weighted by molar-refractivity contribution is 5.78. The van der Waals surface area contributed by atoms with Gasteiger partial charge in [0.05, 0.1) is 6.54 Å². The van der Waals surface area contributed by atoms with Gasteiger partial charge in [-0.05, 0) is 32.9 Å². The lowest BCUT2D eigenvalue weighted by molar-refractivity contribution is -0.129. The van der Waals surface area contributed by atoms with Crippen LogP contribution in [-0.2, 0) is 4.79 Å². The molecular formula is C14H27N3O. The van der Waals surface area contributed by atoms with Crippen LogP contribution in [0.2, 0.25) is 0 Å². The Morgan fingerprint density at radius 3 is 2.50 bits per heavy atom. The minimum absolute atomic E-state index is 0.276. The number of carbonyl (C=O) groups is 1. The minimum atomic E-state index is 0.276. The molecule has 1 aliphatic carbocycles. The second kappa shape index (κ2) is 6.02. The monoisotopic (exact) mass is 253 g/mol. The summed E-state index contributed by atoms with van der Waals surface area (Å²) in [6.07, 6.45) is 5.11. The molecule has 1 amide bonds. The fourth-order valence-corrected chi connectivity index (χ4v) is 3.30. The van der Waals surface area contributed by atoms with Crippen LogP contribution in [0.15, 0.2) is 0 Å². The Morgan fingerprint density at radius 1 is 1.28 bits per heavy atom. The summed E-state index contributed by atoms with van der Waals surface area (Å²) >= 11 is 0. The Balaban J connectivity index is 1.76. The second-order valence-corrected chi connectivity index (χ2v) is 6.17. The molecule has 4 heteroatoms. The molecule has 2 aliphatic rings. The van der Waals surface area contributed by atoms with Crippen molar-refractivity contribution in [3.63, 3.8) is 0 Å². The van der Waals surface area contributed by atoms with E-state index in [1.165, 1.54) is 25.7 Å². The highest BCUT2D eigenvalue weighted by atomic mass is 16.2. The number of likely N-dealkylation sites (N-methyl/N-ethyl adjacent to an activating group) is 1. The standard InChI is InChI=1S/C14H27N3O/c1-11-9-17(10-13(11)16(2)3)14(18)8-15-12-6-4-5-7-12/h11-13,15H,4-10H2,1-3H3. The van der Waals surface area contributed by atoms with Gasteiger partial charge in [0.2, 0.25) is 5.91 Å². The van der Waals surface area contributed by atoms with Gasteiger partial charge in [0.1, 0.15) is 0 Å². The van der Waals surface area contributed by atoms with Gasteiger partial charge in [0, 0.05) is 25.2 Å². The first-order chi connectivity index (χ1) is 8.58. The number of nitrogens with one attached hydrogen (secondary N) is 1. The van der Waals surface area contributed by atoms with Crippen LogP contribution < -0.4 is 5.32 Å². The van der Waals surface area contributed by atoms with Gasteiger partial charge in [0.15, 0.2) is 0 Å². The summed E-state index contributed by atoms with van der Waals surface area (Å²) in [5.74, 6) is 0.855. The van der Waals surface area contributed by atoms with E-state index in [-0.39, 0.29) is 5.91 Å². The van der Waals surface area contributed by atoms with Crippen molar-refractivity contribution in [1.29, 1.82) is 0 Å². The lowest BCUT2D eigenvalue weighted by Gasteiger charge is -2.22. The van der Waals surface area contributed by atoms with Gasteiger partial charge in [-0.3, -0.25) is 4.79 Å². The first kappa shape index (κ1) is 13.8. The van der Waals surface area contributed by atoms with E-state index in [2.05, 4.69) is 31.2 Å². The molecule has 0 aromatic carbocycles. The maximum atomic E-state index is 12.2. The molecule has 0 bridgehead atoms. The topological polar surface area (TPSA) is 35.6 Å². The van der Waals surface area contributed by atoms with Crippen LogP contribution in [-0.4, -0.2) is 61.5 Å². The number of hydrogen-bond acceptors (Lipinski definition) is 3. The van der Waals surface area contributed by atoms with Crippen molar-refractivity contribution < 1.29 is 4.79 Å². The molecule has 2 fully saturated rings. The number of carbonyl (C=O) groups excluding carboxylic acids is 1. The molecule has 1 saturated carbocycles. The minimum Gasteiger partial charge on any atom is -0.340 e. The fourth-order valence-electron chi connectivity index (χ4n) is 3.30. The quantitative estimate of drug-likeness (QED) is 0.809. The summed E-state index contributed by atoms with van der Waals surface area (Å²) in [6, 6.07) is 1.10. The smallest absolute Gasteiger partial charge is 0.236 e. The molecule has 1 saturated heterocycles. The van der Waals surface area contributed by atoms with Crippen molar-refractivity contribution in [2.24, 2.45) is 5.92 Å². The van der Waals surface area contributed by atoms with Crippen LogP contribution in [0, 0.1) is 5.92 Å². The highest BCUT2D eigenvalue weighted by Crippen LogP contribution is 2.20. The second-order valence-electron chi connectivity index (χ2n) is 6.17. The molecule has 2 atom stereocenters. The van der Waals surface area contributed by atoms with E-state index < -0.39 is 0 Å². The maximum Gasteiger partial charge on any atom is 0.236 e. The van der Waals surface area contributed by atoms with Crippen LogP contribution in [0.1, 0.15) is 32.6 Å². The van der Waals surface area contributed by atoms with Gasteiger partial charge in [-0.25, -0.2) is 0 Å². The molecule has 18 heavy (non-hydrogen) atoms.